The molecule has 0 saturated heterocycles. The summed E-state index contributed by atoms with van der Waals surface area (Å²) in [5.41, 5.74) is 0.258. The Bertz CT molecular complexity index is 573. The second-order valence-corrected chi connectivity index (χ2v) is 5.66. The molecule has 94 valence electrons. The third-order valence-electron chi connectivity index (χ3n) is 2.33. The number of rotatable bonds is 4. The number of thiophene rings is 1. The SMILES string of the molecule is CC(Nc1ncnc(Cl)c1C=O)c1ccc(Cl)s1. The van der Waals surface area contributed by atoms with Crippen molar-refractivity contribution in [2.24, 2.45) is 0 Å². The summed E-state index contributed by atoms with van der Waals surface area (Å²) in [5, 5.41) is 3.25. The second kappa shape index (κ2) is 5.65. The van der Waals surface area contributed by atoms with Crippen molar-refractivity contribution in [1.82, 2.24) is 9.97 Å². The molecule has 0 amide bonds. The minimum Gasteiger partial charge on any atom is -0.362 e. The fourth-order valence-electron chi connectivity index (χ4n) is 1.43. The molecular formula is C11H9Cl2N3OS. The highest BCUT2D eigenvalue weighted by molar-refractivity contribution is 7.16. The van der Waals surface area contributed by atoms with Gasteiger partial charge in [0.25, 0.3) is 0 Å². The van der Waals surface area contributed by atoms with Crippen LogP contribution in [0.15, 0.2) is 18.5 Å². The number of nitrogens with zero attached hydrogens (tertiary/aromatic N) is 2. The van der Waals surface area contributed by atoms with Crippen molar-refractivity contribution in [1.29, 1.82) is 0 Å². The van der Waals surface area contributed by atoms with Gasteiger partial charge in [-0.25, -0.2) is 9.97 Å². The van der Waals surface area contributed by atoms with Gasteiger partial charge in [-0.15, -0.1) is 11.3 Å². The minimum absolute atomic E-state index is 0.0211. The first-order valence-corrected chi connectivity index (χ1v) is 6.66. The Morgan fingerprint density at radius 1 is 1.39 bits per heavy atom. The zero-order valence-corrected chi connectivity index (χ0v) is 11.7. The number of halogens is 2. The van der Waals surface area contributed by atoms with Crippen LogP contribution in [0, 0.1) is 0 Å². The molecule has 0 aliphatic carbocycles. The number of aldehydes is 1. The van der Waals surface area contributed by atoms with Gasteiger partial charge in [-0.2, -0.15) is 0 Å². The number of carbonyl (C=O) groups is 1. The number of hydrogen-bond donors (Lipinski definition) is 1. The maximum atomic E-state index is 10.9. The third kappa shape index (κ3) is 2.80. The van der Waals surface area contributed by atoms with E-state index in [9.17, 15) is 4.79 Å². The highest BCUT2D eigenvalue weighted by Gasteiger charge is 2.13. The van der Waals surface area contributed by atoms with Gasteiger partial charge in [0.1, 0.15) is 17.3 Å². The first-order chi connectivity index (χ1) is 8.61. The lowest BCUT2D eigenvalue weighted by molar-refractivity contribution is 0.112. The smallest absolute Gasteiger partial charge is 0.156 e. The summed E-state index contributed by atoms with van der Waals surface area (Å²) in [6, 6.07) is 3.73. The Hall–Kier alpha value is -1.17. The van der Waals surface area contributed by atoms with E-state index in [4.69, 9.17) is 23.2 Å². The highest BCUT2D eigenvalue weighted by atomic mass is 35.5. The number of nitrogens with one attached hydrogen (secondary N) is 1. The van der Waals surface area contributed by atoms with Gasteiger partial charge in [0, 0.05) is 4.88 Å². The van der Waals surface area contributed by atoms with Gasteiger partial charge in [0.15, 0.2) is 6.29 Å². The van der Waals surface area contributed by atoms with E-state index in [0.29, 0.717) is 12.1 Å². The molecule has 1 N–H and O–H groups in total. The van der Waals surface area contributed by atoms with Gasteiger partial charge in [0.2, 0.25) is 0 Å². The van der Waals surface area contributed by atoms with Crippen LogP contribution in [0.3, 0.4) is 0 Å². The quantitative estimate of drug-likeness (QED) is 0.689. The highest BCUT2D eigenvalue weighted by Crippen LogP contribution is 2.29. The Balaban J connectivity index is 2.24. The molecule has 2 aromatic heterocycles. The van der Waals surface area contributed by atoms with Crippen molar-refractivity contribution >= 4 is 46.6 Å². The molecule has 4 nitrogen and oxygen atoms in total. The maximum Gasteiger partial charge on any atom is 0.156 e. The number of carbonyl (C=O) groups excluding carboxylic acids is 1. The fourth-order valence-corrected chi connectivity index (χ4v) is 2.67. The van der Waals surface area contributed by atoms with Crippen LogP contribution in [0.1, 0.15) is 28.2 Å². The molecule has 0 radical (unpaired) electrons. The molecule has 0 fully saturated rings. The molecule has 0 saturated carbocycles. The van der Waals surface area contributed by atoms with Crippen molar-refractivity contribution in [3.8, 4) is 0 Å². The monoisotopic (exact) mass is 301 g/mol. The summed E-state index contributed by atoms with van der Waals surface area (Å²) in [6.07, 6.45) is 1.95. The van der Waals surface area contributed by atoms with Crippen LogP contribution < -0.4 is 5.32 Å². The minimum atomic E-state index is -0.0211. The number of anilines is 1. The van der Waals surface area contributed by atoms with Gasteiger partial charge in [-0.3, -0.25) is 4.79 Å². The molecule has 18 heavy (non-hydrogen) atoms. The summed E-state index contributed by atoms with van der Waals surface area (Å²) in [6.45, 7) is 1.95. The molecular weight excluding hydrogens is 293 g/mol. The predicted octanol–water partition coefficient (Wildman–Crippen LogP) is 3.83. The lowest BCUT2D eigenvalue weighted by Gasteiger charge is -2.14. The van der Waals surface area contributed by atoms with Crippen LogP contribution in [-0.2, 0) is 0 Å². The summed E-state index contributed by atoms with van der Waals surface area (Å²) < 4.78 is 0.718. The Morgan fingerprint density at radius 2 is 2.17 bits per heavy atom. The molecule has 1 atom stereocenters. The molecule has 0 spiro atoms. The predicted molar refractivity (Wildman–Crippen MR) is 73.8 cm³/mol. The summed E-state index contributed by atoms with van der Waals surface area (Å²) in [5.74, 6) is 0.419. The van der Waals surface area contributed by atoms with Gasteiger partial charge >= 0.3 is 0 Å². The fraction of sp³-hybridized carbons (Fsp3) is 0.182. The lowest BCUT2D eigenvalue weighted by Crippen LogP contribution is -2.09. The first kappa shape index (κ1) is 13.3. The molecule has 7 heteroatoms. The molecule has 0 aliphatic heterocycles. The maximum absolute atomic E-state index is 10.9. The van der Waals surface area contributed by atoms with Crippen LogP contribution in [0.5, 0.6) is 0 Å². The Kier molecular flexibility index (Phi) is 4.16. The molecule has 0 aliphatic rings. The number of hydrogen-bond acceptors (Lipinski definition) is 5. The molecule has 0 aromatic carbocycles. The average molecular weight is 302 g/mol. The van der Waals surface area contributed by atoms with Crippen molar-refractivity contribution in [2.45, 2.75) is 13.0 Å². The van der Waals surface area contributed by atoms with Gasteiger partial charge < -0.3 is 5.32 Å². The van der Waals surface area contributed by atoms with Crippen molar-refractivity contribution in [3.05, 3.63) is 38.4 Å². The van der Waals surface area contributed by atoms with E-state index < -0.39 is 0 Å². The van der Waals surface area contributed by atoms with Gasteiger partial charge in [-0.1, -0.05) is 23.2 Å². The summed E-state index contributed by atoms with van der Waals surface area (Å²) in [7, 11) is 0. The number of aromatic nitrogens is 2. The van der Waals surface area contributed by atoms with E-state index in [1.807, 2.05) is 19.1 Å². The first-order valence-electron chi connectivity index (χ1n) is 5.09. The van der Waals surface area contributed by atoms with E-state index in [1.54, 1.807) is 0 Å². The molecule has 2 heterocycles. The van der Waals surface area contributed by atoms with Crippen LogP contribution in [0.25, 0.3) is 0 Å². The second-order valence-electron chi connectivity index (χ2n) is 3.55. The van der Waals surface area contributed by atoms with Crippen molar-refractivity contribution in [3.63, 3.8) is 0 Å². The molecule has 2 rings (SSSR count). The van der Waals surface area contributed by atoms with Crippen LogP contribution >= 0.6 is 34.5 Å². The van der Waals surface area contributed by atoms with Crippen LogP contribution in [0.2, 0.25) is 9.49 Å². The third-order valence-corrected chi connectivity index (χ3v) is 4.04. The average Bonchev–Trinajstić information content (AvgIpc) is 2.76. The zero-order chi connectivity index (χ0) is 13.1. The Morgan fingerprint density at radius 3 is 2.78 bits per heavy atom. The normalized spacial score (nSPS) is 12.2. The van der Waals surface area contributed by atoms with Gasteiger partial charge in [-0.05, 0) is 19.1 Å². The lowest BCUT2D eigenvalue weighted by atomic mass is 10.2. The summed E-state index contributed by atoms with van der Waals surface area (Å²) in [4.78, 5) is 19.8. The van der Waals surface area contributed by atoms with E-state index >= 15 is 0 Å². The van der Waals surface area contributed by atoms with Gasteiger partial charge in [0.05, 0.1) is 15.9 Å². The van der Waals surface area contributed by atoms with E-state index in [-0.39, 0.29) is 16.8 Å². The summed E-state index contributed by atoms with van der Waals surface area (Å²) >= 11 is 13.2. The molecule has 2 aromatic rings. The van der Waals surface area contributed by atoms with E-state index in [0.717, 1.165) is 9.21 Å². The Labute approximate surface area is 118 Å². The van der Waals surface area contributed by atoms with Crippen LogP contribution in [0.4, 0.5) is 5.82 Å². The van der Waals surface area contributed by atoms with Crippen LogP contribution in [-0.4, -0.2) is 16.3 Å². The van der Waals surface area contributed by atoms with Crippen molar-refractivity contribution < 1.29 is 4.79 Å². The standard InChI is InChI=1S/C11H9Cl2N3OS/c1-6(8-2-3-9(12)18-8)16-11-7(4-17)10(13)14-5-15-11/h2-6H,1H3,(H,14,15,16). The largest absolute Gasteiger partial charge is 0.362 e. The zero-order valence-electron chi connectivity index (χ0n) is 9.35. The molecule has 0 bridgehead atoms. The topological polar surface area (TPSA) is 54.9 Å². The van der Waals surface area contributed by atoms with E-state index in [1.165, 1.54) is 17.7 Å². The van der Waals surface area contributed by atoms with Crippen molar-refractivity contribution in [2.75, 3.05) is 5.32 Å². The molecule has 1 unspecified atom stereocenters. The van der Waals surface area contributed by atoms with E-state index in [2.05, 4.69) is 15.3 Å².